The second kappa shape index (κ2) is 4.80. The highest BCUT2D eigenvalue weighted by Gasteiger charge is 2.09. The molecule has 0 aliphatic rings. The molecule has 0 saturated heterocycles. The Morgan fingerprint density at radius 2 is 2.05 bits per heavy atom. The number of H-pyrrole nitrogens is 1. The molecular formula is C14H15N5O. The summed E-state index contributed by atoms with van der Waals surface area (Å²) < 4.78 is 1.44. The third-order valence-electron chi connectivity index (χ3n) is 3.23. The van der Waals surface area contributed by atoms with E-state index in [9.17, 15) is 4.79 Å². The molecule has 2 heterocycles. The molecule has 102 valence electrons. The lowest BCUT2D eigenvalue weighted by molar-refractivity contribution is 0.860. The Balaban J connectivity index is 1.93. The van der Waals surface area contributed by atoms with E-state index in [0.717, 1.165) is 0 Å². The molecular weight excluding hydrogens is 254 g/mol. The molecule has 20 heavy (non-hydrogen) atoms. The molecule has 1 unspecified atom stereocenters. The van der Waals surface area contributed by atoms with Crippen LogP contribution in [-0.4, -0.2) is 19.6 Å². The number of nitrogens with one attached hydrogen (secondary N) is 2. The molecule has 0 aliphatic carbocycles. The number of benzene rings is 1. The smallest absolute Gasteiger partial charge is 0.349 e. The summed E-state index contributed by atoms with van der Waals surface area (Å²) in [6, 6.07) is 12.0. The third-order valence-corrected chi connectivity index (χ3v) is 3.23. The van der Waals surface area contributed by atoms with Crippen molar-refractivity contribution in [1.29, 1.82) is 0 Å². The Bertz CT molecular complexity index is 790. The number of fused-ring (bicyclic) bond motifs is 1. The molecule has 0 spiro atoms. The van der Waals surface area contributed by atoms with Gasteiger partial charge < -0.3 is 5.32 Å². The van der Waals surface area contributed by atoms with Crippen molar-refractivity contribution in [2.45, 2.75) is 19.9 Å². The van der Waals surface area contributed by atoms with E-state index in [1.165, 1.54) is 9.96 Å². The zero-order valence-corrected chi connectivity index (χ0v) is 11.3. The largest absolute Gasteiger partial charge is 0.363 e. The van der Waals surface area contributed by atoms with Crippen LogP contribution in [0.5, 0.6) is 0 Å². The Labute approximate surface area is 115 Å². The van der Waals surface area contributed by atoms with Crippen LogP contribution < -0.4 is 11.0 Å². The number of nitrogens with zero attached hydrogens (tertiary/aromatic N) is 3. The van der Waals surface area contributed by atoms with E-state index in [2.05, 4.69) is 39.6 Å². The van der Waals surface area contributed by atoms with E-state index in [0.29, 0.717) is 17.3 Å². The van der Waals surface area contributed by atoms with E-state index in [1.54, 1.807) is 13.0 Å². The van der Waals surface area contributed by atoms with Gasteiger partial charge in [0.15, 0.2) is 5.65 Å². The van der Waals surface area contributed by atoms with Crippen LogP contribution >= 0.6 is 0 Å². The maximum atomic E-state index is 11.5. The maximum Gasteiger partial charge on any atom is 0.349 e. The summed E-state index contributed by atoms with van der Waals surface area (Å²) >= 11 is 0. The van der Waals surface area contributed by atoms with E-state index in [1.807, 2.05) is 18.2 Å². The van der Waals surface area contributed by atoms with Crippen molar-refractivity contribution in [3.8, 4) is 0 Å². The van der Waals surface area contributed by atoms with Crippen LogP contribution in [0.1, 0.15) is 24.4 Å². The van der Waals surface area contributed by atoms with Gasteiger partial charge in [-0.3, -0.25) is 0 Å². The third kappa shape index (κ3) is 2.16. The van der Waals surface area contributed by atoms with Crippen LogP contribution in [0, 0.1) is 6.92 Å². The lowest BCUT2D eigenvalue weighted by atomic mass is 10.1. The summed E-state index contributed by atoms with van der Waals surface area (Å²) in [4.78, 5) is 15.9. The van der Waals surface area contributed by atoms with Gasteiger partial charge in [-0.2, -0.15) is 5.10 Å². The first-order valence-corrected chi connectivity index (χ1v) is 6.41. The van der Waals surface area contributed by atoms with Crippen molar-refractivity contribution >= 4 is 11.5 Å². The highest BCUT2D eigenvalue weighted by Crippen LogP contribution is 2.18. The van der Waals surface area contributed by atoms with Gasteiger partial charge in [-0.05, 0) is 19.4 Å². The van der Waals surface area contributed by atoms with Crippen molar-refractivity contribution in [3.63, 3.8) is 0 Å². The Morgan fingerprint density at radius 3 is 2.80 bits per heavy atom. The fourth-order valence-corrected chi connectivity index (χ4v) is 2.22. The highest BCUT2D eigenvalue weighted by molar-refractivity contribution is 5.50. The molecule has 0 radical (unpaired) electrons. The number of aromatic nitrogens is 4. The second-order valence-electron chi connectivity index (χ2n) is 4.69. The summed E-state index contributed by atoms with van der Waals surface area (Å²) in [5, 5.41) is 9.70. The fraction of sp³-hybridized carbons (Fsp3) is 0.214. The van der Waals surface area contributed by atoms with Crippen molar-refractivity contribution < 1.29 is 0 Å². The van der Waals surface area contributed by atoms with Crippen LogP contribution in [-0.2, 0) is 0 Å². The Kier molecular flexibility index (Phi) is 2.98. The van der Waals surface area contributed by atoms with Crippen LogP contribution in [0.4, 0.5) is 5.82 Å². The molecule has 1 aromatic carbocycles. The van der Waals surface area contributed by atoms with Gasteiger partial charge in [0.05, 0.1) is 0 Å². The zero-order valence-electron chi connectivity index (χ0n) is 11.3. The standard InChI is InChI=1S/C14H15N5O/c1-9(11-6-4-3-5-7-11)15-12-8-13-17-18-14(20)19(13)10(2)16-12/h3-9,15H,1-2H3,(H,18,20). The monoisotopic (exact) mass is 269 g/mol. The molecule has 3 aromatic rings. The minimum absolute atomic E-state index is 0.121. The fourth-order valence-electron chi connectivity index (χ4n) is 2.22. The number of aromatic amines is 1. The summed E-state index contributed by atoms with van der Waals surface area (Å²) in [6.07, 6.45) is 0. The van der Waals surface area contributed by atoms with E-state index in [-0.39, 0.29) is 11.7 Å². The van der Waals surface area contributed by atoms with E-state index in [4.69, 9.17) is 0 Å². The van der Waals surface area contributed by atoms with Crippen molar-refractivity contribution in [2.24, 2.45) is 0 Å². The van der Waals surface area contributed by atoms with Crippen LogP contribution in [0.3, 0.4) is 0 Å². The van der Waals surface area contributed by atoms with Gasteiger partial charge in [-0.25, -0.2) is 19.3 Å². The predicted molar refractivity (Wildman–Crippen MR) is 76.8 cm³/mol. The molecule has 0 fully saturated rings. The minimum atomic E-state index is -0.271. The molecule has 6 heteroatoms. The molecule has 0 saturated carbocycles. The SMILES string of the molecule is Cc1nc(NC(C)c2ccccc2)cc2n[nH]c(=O)n12. The second-order valence-corrected chi connectivity index (χ2v) is 4.69. The van der Waals surface area contributed by atoms with Gasteiger partial charge in [0.2, 0.25) is 0 Å². The van der Waals surface area contributed by atoms with Crippen molar-refractivity contribution in [1.82, 2.24) is 19.6 Å². The summed E-state index contributed by atoms with van der Waals surface area (Å²) in [6.45, 7) is 3.84. The summed E-state index contributed by atoms with van der Waals surface area (Å²) in [7, 11) is 0. The van der Waals surface area contributed by atoms with Gasteiger partial charge >= 0.3 is 5.69 Å². The van der Waals surface area contributed by atoms with Gasteiger partial charge in [0.1, 0.15) is 11.6 Å². The maximum absolute atomic E-state index is 11.5. The van der Waals surface area contributed by atoms with Crippen molar-refractivity contribution in [3.05, 3.63) is 58.3 Å². The molecule has 3 rings (SSSR count). The minimum Gasteiger partial charge on any atom is -0.363 e. The number of hydrogen-bond donors (Lipinski definition) is 2. The molecule has 0 aliphatic heterocycles. The lowest BCUT2D eigenvalue weighted by Crippen LogP contribution is -2.15. The predicted octanol–water partition coefficient (Wildman–Crippen LogP) is 1.90. The Hall–Kier alpha value is -2.63. The Morgan fingerprint density at radius 1 is 1.30 bits per heavy atom. The normalized spacial score (nSPS) is 12.5. The molecule has 0 amide bonds. The molecule has 1 atom stereocenters. The first-order valence-electron chi connectivity index (χ1n) is 6.41. The first kappa shape index (κ1) is 12.4. The summed E-state index contributed by atoms with van der Waals surface area (Å²) in [5.74, 6) is 1.30. The van der Waals surface area contributed by atoms with Gasteiger partial charge in [0.25, 0.3) is 0 Å². The van der Waals surface area contributed by atoms with Gasteiger partial charge in [-0.15, -0.1) is 0 Å². The molecule has 0 bridgehead atoms. The molecule has 2 aromatic heterocycles. The number of aryl methyl sites for hydroxylation is 1. The van der Waals surface area contributed by atoms with Crippen molar-refractivity contribution in [2.75, 3.05) is 5.32 Å². The van der Waals surface area contributed by atoms with Gasteiger partial charge in [0, 0.05) is 12.1 Å². The molecule has 2 N–H and O–H groups in total. The van der Waals surface area contributed by atoms with E-state index < -0.39 is 0 Å². The van der Waals surface area contributed by atoms with Crippen LogP contribution in [0.25, 0.3) is 5.65 Å². The highest BCUT2D eigenvalue weighted by atomic mass is 16.1. The van der Waals surface area contributed by atoms with E-state index >= 15 is 0 Å². The van der Waals surface area contributed by atoms with Crippen LogP contribution in [0.2, 0.25) is 0 Å². The topological polar surface area (TPSA) is 75.1 Å². The first-order chi connectivity index (χ1) is 9.65. The average molecular weight is 269 g/mol. The van der Waals surface area contributed by atoms with Gasteiger partial charge in [-0.1, -0.05) is 30.3 Å². The quantitative estimate of drug-likeness (QED) is 0.761. The zero-order chi connectivity index (χ0) is 14.1. The number of hydrogen-bond acceptors (Lipinski definition) is 4. The lowest BCUT2D eigenvalue weighted by Gasteiger charge is -2.15. The van der Waals surface area contributed by atoms with Crippen LogP contribution in [0.15, 0.2) is 41.2 Å². The number of rotatable bonds is 3. The molecule has 6 nitrogen and oxygen atoms in total. The average Bonchev–Trinajstić information content (AvgIpc) is 2.81. The number of anilines is 1. The summed E-state index contributed by atoms with van der Waals surface area (Å²) in [5.41, 5.74) is 1.46.